The van der Waals surface area contributed by atoms with Gasteiger partial charge in [0, 0.05) is 0 Å². The Labute approximate surface area is 230 Å². The molecule has 2 heteroatoms. The molecule has 2 unspecified atom stereocenters. The van der Waals surface area contributed by atoms with Crippen molar-refractivity contribution in [2.45, 2.75) is 43.8 Å². The Kier molecular flexibility index (Phi) is 7.03. The summed E-state index contributed by atoms with van der Waals surface area (Å²) in [5.74, 6) is 0. The molecular weight excluding hydrogens is 508 g/mol. The van der Waals surface area contributed by atoms with E-state index in [1.54, 1.807) is 22.3 Å². The standard InChI is InChI=1S/2C9H7.2C7H7.C4H11Si.Ti/c2*1-2-5-9-7-3-6-8(9)4-1;2*1-7-5-3-2-4-6-7;1-3-5-4-2;/h2*1-7H;2*2-6H,1H2;5H,3-4H2,1-2H3;. The second-order valence-electron chi connectivity index (χ2n) is 11.7. The minimum atomic E-state index is -3.72. The summed E-state index contributed by atoms with van der Waals surface area (Å²) < 4.78 is 3.64. The van der Waals surface area contributed by atoms with Crippen LogP contribution in [-0.4, -0.2) is 6.66 Å². The Balaban J connectivity index is 1.74. The van der Waals surface area contributed by atoms with E-state index in [9.17, 15) is 0 Å². The molecule has 6 rings (SSSR count). The molecule has 0 nitrogen and oxygen atoms in total. The summed E-state index contributed by atoms with van der Waals surface area (Å²) in [6.07, 6.45) is 10.3. The van der Waals surface area contributed by atoms with Gasteiger partial charge in [-0.2, -0.15) is 0 Å². The van der Waals surface area contributed by atoms with Gasteiger partial charge in [-0.3, -0.25) is 0 Å². The number of fused-ring (bicyclic) bond motifs is 2. The van der Waals surface area contributed by atoms with Gasteiger partial charge in [0.2, 0.25) is 0 Å². The molecule has 2 atom stereocenters. The van der Waals surface area contributed by atoms with Gasteiger partial charge in [-0.1, -0.05) is 0 Å². The second-order valence-corrected chi connectivity index (χ2v) is 33.9. The van der Waals surface area contributed by atoms with E-state index in [-0.39, 0.29) is 0 Å². The van der Waals surface area contributed by atoms with E-state index in [4.69, 9.17) is 0 Å². The first-order valence-corrected chi connectivity index (χ1v) is 23.4. The van der Waals surface area contributed by atoms with E-state index in [0.717, 1.165) is 0 Å². The van der Waals surface area contributed by atoms with Crippen LogP contribution in [0.4, 0.5) is 0 Å². The molecule has 0 saturated heterocycles. The number of benzene rings is 4. The maximum atomic E-state index is 2.69. The molecule has 0 aliphatic heterocycles. The van der Waals surface area contributed by atoms with Crippen molar-refractivity contribution in [1.82, 2.24) is 0 Å². The monoisotopic (exact) mass is 547 g/mol. The number of rotatable bonds is 9. The molecule has 0 bridgehead atoms. The fourth-order valence-electron chi connectivity index (χ4n) is 8.81. The summed E-state index contributed by atoms with van der Waals surface area (Å²) in [5.41, 5.74) is 9.21. The predicted molar refractivity (Wildman–Crippen MR) is 165 cm³/mol. The minimum absolute atomic E-state index is 0.543. The van der Waals surface area contributed by atoms with Crippen molar-refractivity contribution in [3.05, 3.63) is 155 Å². The van der Waals surface area contributed by atoms with Crippen LogP contribution in [0.3, 0.4) is 0 Å². The normalized spacial score (nSPS) is 18.8. The Morgan fingerprint density at radius 2 is 0.921 bits per heavy atom. The van der Waals surface area contributed by atoms with Crippen molar-refractivity contribution in [3.8, 4) is 0 Å². The average Bonchev–Trinajstić information content (AvgIpc) is 3.61. The molecular formula is C36H39SiTi. The van der Waals surface area contributed by atoms with E-state index in [2.05, 4.69) is 147 Å². The van der Waals surface area contributed by atoms with Crippen LogP contribution in [0.1, 0.15) is 55.7 Å². The van der Waals surface area contributed by atoms with Crippen LogP contribution in [0.25, 0.3) is 12.2 Å². The van der Waals surface area contributed by atoms with E-state index in [0.29, 0.717) is 8.45 Å². The van der Waals surface area contributed by atoms with Crippen molar-refractivity contribution in [2.75, 3.05) is 0 Å². The van der Waals surface area contributed by atoms with Gasteiger partial charge < -0.3 is 0 Å². The van der Waals surface area contributed by atoms with E-state index in [1.807, 2.05) is 0 Å². The summed E-state index contributed by atoms with van der Waals surface area (Å²) >= 11 is -3.72. The van der Waals surface area contributed by atoms with Crippen LogP contribution in [0.15, 0.2) is 121 Å². The van der Waals surface area contributed by atoms with Crippen molar-refractivity contribution in [3.63, 3.8) is 0 Å². The first-order chi connectivity index (χ1) is 18.7. The summed E-state index contributed by atoms with van der Waals surface area (Å²) in [6.45, 7) is 3.82. The Morgan fingerprint density at radius 3 is 1.34 bits per heavy atom. The molecule has 0 heterocycles. The van der Waals surface area contributed by atoms with Gasteiger partial charge in [0.1, 0.15) is 0 Å². The van der Waals surface area contributed by atoms with E-state index < -0.39 is 21.2 Å². The molecule has 2 aliphatic carbocycles. The van der Waals surface area contributed by atoms with Gasteiger partial charge in [-0.25, -0.2) is 0 Å². The third kappa shape index (κ3) is 3.99. The topological polar surface area (TPSA) is 0 Å². The summed E-state index contributed by atoms with van der Waals surface area (Å²) in [6, 6.07) is 44.6. The van der Waals surface area contributed by atoms with Gasteiger partial charge in [-0.05, 0) is 0 Å². The van der Waals surface area contributed by atoms with E-state index >= 15 is 0 Å². The molecule has 191 valence electrons. The van der Waals surface area contributed by atoms with Crippen molar-refractivity contribution in [1.29, 1.82) is 0 Å². The quantitative estimate of drug-likeness (QED) is 0.183. The third-order valence-electron chi connectivity index (χ3n) is 10.2. The molecule has 0 radical (unpaired) electrons. The zero-order valence-electron chi connectivity index (χ0n) is 22.8. The Morgan fingerprint density at radius 1 is 0.526 bits per heavy atom. The van der Waals surface area contributed by atoms with Crippen LogP contribution in [0.5, 0.6) is 0 Å². The van der Waals surface area contributed by atoms with Gasteiger partial charge >= 0.3 is 232 Å². The predicted octanol–water partition coefficient (Wildman–Crippen LogP) is 9.38. The molecule has 4 aromatic carbocycles. The number of hydrogen-bond donors (Lipinski definition) is 0. The fourth-order valence-corrected chi connectivity index (χ4v) is 45.9. The van der Waals surface area contributed by atoms with Gasteiger partial charge in [0.25, 0.3) is 0 Å². The first-order valence-electron chi connectivity index (χ1n) is 14.5. The van der Waals surface area contributed by atoms with Crippen molar-refractivity contribution in [2.24, 2.45) is 0 Å². The molecule has 0 saturated carbocycles. The zero-order chi connectivity index (χ0) is 26.0. The number of hydrogen-bond acceptors (Lipinski definition) is 0. The van der Waals surface area contributed by atoms with Gasteiger partial charge in [0.15, 0.2) is 0 Å². The molecule has 0 fully saturated rings. The number of allylic oxidation sites excluding steroid dienone is 2. The van der Waals surface area contributed by atoms with Crippen LogP contribution in [0.2, 0.25) is 12.1 Å². The van der Waals surface area contributed by atoms with Crippen LogP contribution >= 0.6 is 0 Å². The molecule has 2 aliphatic rings. The van der Waals surface area contributed by atoms with Crippen LogP contribution < -0.4 is 0 Å². The Hall–Kier alpha value is -2.71. The van der Waals surface area contributed by atoms with Gasteiger partial charge in [0.05, 0.1) is 0 Å². The third-order valence-corrected chi connectivity index (χ3v) is 43.1. The van der Waals surface area contributed by atoms with Crippen LogP contribution in [-0.2, 0) is 24.0 Å². The summed E-state index contributed by atoms with van der Waals surface area (Å²) in [4.78, 5) is 0. The summed E-state index contributed by atoms with van der Waals surface area (Å²) in [7, 11) is 0. The molecule has 0 N–H and O–H groups in total. The average molecular weight is 548 g/mol. The van der Waals surface area contributed by atoms with Crippen molar-refractivity contribution < 1.29 is 14.6 Å². The van der Waals surface area contributed by atoms with Crippen molar-refractivity contribution >= 4 is 18.8 Å². The molecule has 4 aromatic rings. The molecule has 0 amide bonds. The van der Waals surface area contributed by atoms with Gasteiger partial charge in [-0.15, -0.1) is 0 Å². The SMILES string of the molecule is CC[SiH](CC)[Ti]([CH2]c1ccccc1)([CH2]c1ccccc1)([CH]1C=Cc2ccccc21)[CH]1C=Cc2ccccc21. The fraction of sp³-hybridized carbons (Fsp3) is 0.222. The van der Waals surface area contributed by atoms with E-state index in [1.165, 1.54) is 32.7 Å². The first kappa shape index (κ1) is 25.6. The Bertz CT molecular complexity index is 1360. The molecule has 38 heavy (non-hydrogen) atoms. The van der Waals surface area contributed by atoms with Crippen LogP contribution in [0, 0.1) is 0 Å². The molecule has 0 spiro atoms. The maximum absolute atomic E-state index is 3.72. The molecule has 0 aromatic heterocycles. The summed E-state index contributed by atoms with van der Waals surface area (Å²) in [5, 5.41) is 0. The zero-order valence-corrected chi connectivity index (χ0v) is 25.5. The second kappa shape index (κ2) is 10.5.